The van der Waals surface area contributed by atoms with Gasteiger partial charge < -0.3 is 9.05 Å². The summed E-state index contributed by atoms with van der Waals surface area (Å²) in [5.74, 6) is 0. The predicted octanol–water partition coefficient (Wildman–Crippen LogP) is 4.83. The van der Waals surface area contributed by atoms with Crippen LogP contribution >= 0.6 is 7.60 Å². The Labute approximate surface area is 164 Å². The first-order chi connectivity index (χ1) is 12.9. The number of sulfonamides is 1. The number of alkyl halides is 6. The zero-order valence-corrected chi connectivity index (χ0v) is 17.4. The van der Waals surface area contributed by atoms with E-state index in [0.717, 1.165) is 52.0 Å². The van der Waals surface area contributed by atoms with Gasteiger partial charge in [-0.2, -0.15) is 31.1 Å². The highest BCUT2D eigenvalue weighted by Gasteiger charge is 2.83. The molecule has 0 unspecified atom stereocenters. The number of hydrogen-bond donors (Lipinski definition) is 1. The highest BCUT2D eigenvalue weighted by atomic mass is 32.2. The minimum absolute atomic E-state index is 0.564. The molecule has 168 valence electrons. The van der Waals surface area contributed by atoms with Crippen molar-refractivity contribution in [3.8, 4) is 0 Å². The smallest absolute Gasteiger partial charge is 0.304 e. The summed E-state index contributed by atoms with van der Waals surface area (Å²) in [5.41, 5.74) is 0. The summed E-state index contributed by atoms with van der Waals surface area (Å²) < 4.78 is 131. The first kappa shape index (κ1) is 25.9. The monoisotopic (exact) mass is 471 g/mol. The van der Waals surface area contributed by atoms with Gasteiger partial charge in [-0.25, -0.2) is 8.42 Å². The van der Waals surface area contributed by atoms with E-state index in [2.05, 4.69) is 9.05 Å². The van der Waals surface area contributed by atoms with Crippen LogP contribution in [0, 0.1) is 0 Å². The third-order valence-corrected chi connectivity index (χ3v) is 7.72. The summed E-state index contributed by atoms with van der Waals surface area (Å²) in [6, 6.07) is 5.03. The van der Waals surface area contributed by atoms with Crippen molar-refractivity contribution in [3.05, 3.63) is 30.3 Å². The maximum atomic E-state index is 13.9. The van der Waals surface area contributed by atoms with E-state index in [1.807, 2.05) is 0 Å². The molecule has 1 aromatic rings. The molecule has 0 amide bonds. The second-order valence-corrected chi connectivity index (χ2v) is 10.2. The number of rotatable bonds is 8. The van der Waals surface area contributed by atoms with Gasteiger partial charge in [-0.3, -0.25) is 4.57 Å². The average molecular weight is 471 g/mol. The zero-order valence-electron chi connectivity index (χ0n) is 15.7. The predicted molar refractivity (Wildman–Crippen MR) is 91.7 cm³/mol. The quantitative estimate of drug-likeness (QED) is 0.434. The second kappa shape index (κ2) is 8.54. The van der Waals surface area contributed by atoms with E-state index in [-0.39, 0.29) is 0 Å². The van der Waals surface area contributed by atoms with Crippen LogP contribution in [0.2, 0.25) is 0 Å². The zero-order chi connectivity index (χ0) is 22.9. The van der Waals surface area contributed by atoms with Crippen molar-refractivity contribution in [1.29, 1.82) is 0 Å². The summed E-state index contributed by atoms with van der Waals surface area (Å²) in [4.78, 5) is -0.904. The third-order valence-electron chi connectivity index (χ3n) is 3.27. The van der Waals surface area contributed by atoms with Gasteiger partial charge in [0.1, 0.15) is 0 Å². The Morgan fingerprint density at radius 3 is 1.55 bits per heavy atom. The van der Waals surface area contributed by atoms with Gasteiger partial charge >= 0.3 is 25.2 Å². The molecule has 0 fully saturated rings. The van der Waals surface area contributed by atoms with Crippen molar-refractivity contribution in [2.24, 2.45) is 0 Å². The molecule has 6 nitrogen and oxygen atoms in total. The average Bonchev–Trinajstić information content (AvgIpc) is 2.49. The fourth-order valence-electron chi connectivity index (χ4n) is 2.23. The van der Waals surface area contributed by atoms with Gasteiger partial charge in [0, 0.05) is 0 Å². The third kappa shape index (κ3) is 5.32. The SMILES string of the molecule is CC(C)OP(=O)(OC(C)C)C(NS(=O)(=O)c1ccccc1)(C(F)(F)F)C(F)(F)F. The Kier molecular flexibility index (Phi) is 7.63. The molecule has 0 aliphatic rings. The molecule has 1 rings (SSSR count). The molecule has 0 bridgehead atoms. The minimum Gasteiger partial charge on any atom is -0.304 e. The van der Waals surface area contributed by atoms with Gasteiger partial charge in [0.05, 0.1) is 17.1 Å². The fourth-order valence-corrected chi connectivity index (χ4v) is 6.39. The Bertz CT molecular complexity index is 811. The van der Waals surface area contributed by atoms with E-state index in [4.69, 9.17) is 0 Å². The lowest BCUT2D eigenvalue weighted by atomic mass is 10.3. The molecule has 0 spiro atoms. The van der Waals surface area contributed by atoms with Gasteiger partial charge in [0.2, 0.25) is 10.0 Å². The van der Waals surface area contributed by atoms with E-state index < -0.39 is 52.4 Å². The number of hydrogen-bond acceptors (Lipinski definition) is 5. The summed E-state index contributed by atoms with van der Waals surface area (Å²) in [5, 5.41) is -5.55. The van der Waals surface area contributed by atoms with Gasteiger partial charge in [-0.1, -0.05) is 18.2 Å². The molecular formula is C15H20F6NO5PS. The van der Waals surface area contributed by atoms with Crippen LogP contribution in [-0.2, 0) is 23.6 Å². The van der Waals surface area contributed by atoms with E-state index in [9.17, 15) is 39.3 Å². The molecule has 1 aromatic carbocycles. The minimum atomic E-state index is -6.44. The van der Waals surface area contributed by atoms with Crippen LogP contribution in [0.4, 0.5) is 26.3 Å². The molecular weight excluding hydrogens is 451 g/mol. The van der Waals surface area contributed by atoms with Gasteiger partial charge in [0.25, 0.3) is 0 Å². The molecule has 14 heteroatoms. The number of halogens is 6. The lowest BCUT2D eigenvalue weighted by Crippen LogP contribution is -2.67. The Morgan fingerprint density at radius 1 is 0.862 bits per heavy atom. The Hall–Kier alpha value is -1.14. The van der Waals surface area contributed by atoms with E-state index >= 15 is 0 Å². The highest BCUT2D eigenvalue weighted by molar-refractivity contribution is 7.90. The van der Waals surface area contributed by atoms with Crippen LogP contribution in [0.3, 0.4) is 0 Å². The van der Waals surface area contributed by atoms with Gasteiger partial charge in [-0.05, 0) is 39.8 Å². The summed E-state index contributed by atoms with van der Waals surface area (Å²) in [7, 11) is -11.7. The van der Waals surface area contributed by atoms with Crippen LogP contribution in [0.1, 0.15) is 27.7 Å². The fraction of sp³-hybridized carbons (Fsp3) is 0.600. The number of benzene rings is 1. The van der Waals surface area contributed by atoms with Crippen molar-refractivity contribution in [2.45, 2.75) is 62.4 Å². The highest BCUT2D eigenvalue weighted by Crippen LogP contribution is 2.70. The first-order valence-corrected chi connectivity index (χ1v) is 11.1. The van der Waals surface area contributed by atoms with Crippen LogP contribution < -0.4 is 4.72 Å². The molecule has 1 N–H and O–H groups in total. The first-order valence-electron chi connectivity index (χ1n) is 8.09. The molecule has 0 aliphatic carbocycles. The van der Waals surface area contributed by atoms with Crippen molar-refractivity contribution >= 4 is 17.6 Å². The topological polar surface area (TPSA) is 81.7 Å². The molecule has 0 saturated carbocycles. The standard InChI is InChI=1S/C15H20F6NO5PS/c1-10(2)26-28(23,27-11(3)4)13(14(16,17)18,15(19,20)21)22-29(24,25)12-8-6-5-7-9-12/h5-11,22H,1-4H3. The van der Waals surface area contributed by atoms with Crippen LogP contribution in [0.25, 0.3) is 0 Å². The maximum Gasteiger partial charge on any atom is 0.428 e. The lowest BCUT2D eigenvalue weighted by molar-refractivity contribution is -0.277. The molecule has 0 aliphatic heterocycles. The van der Waals surface area contributed by atoms with Crippen LogP contribution in [0.15, 0.2) is 35.2 Å². The van der Waals surface area contributed by atoms with E-state index in [0.29, 0.717) is 4.72 Å². The molecule has 0 heterocycles. The summed E-state index contributed by atoms with van der Waals surface area (Å²) in [6.45, 7) is 4.11. The van der Waals surface area contributed by atoms with E-state index in [1.54, 1.807) is 0 Å². The normalized spacial score (nSPS) is 14.6. The maximum absolute atomic E-state index is 13.9. The second-order valence-electron chi connectivity index (χ2n) is 6.43. The van der Waals surface area contributed by atoms with Crippen molar-refractivity contribution in [1.82, 2.24) is 4.72 Å². The molecule has 0 radical (unpaired) electrons. The largest absolute Gasteiger partial charge is 0.428 e. The van der Waals surface area contributed by atoms with Gasteiger partial charge in [0.15, 0.2) is 0 Å². The number of nitrogens with one attached hydrogen (secondary N) is 1. The lowest BCUT2D eigenvalue weighted by Gasteiger charge is -2.42. The van der Waals surface area contributed by atoms with Crippen molar-refractivity contribution < 1.29 is 48.4 Å². The van der Waals surface area contributed by atoms with Crippen LogP contribution in [0.5, 0.6) is 0 Å². The molecule has 0 aromatic heterocycles. The van der Waals surface area contributed by atoms with Crippen molar-refractivity contribution in [2.75, 3.05) is 0 Å². The molecule has 0 atom stereocenters. The van der Waals surface area contributed by atoms with Crippen LogP contribution in [-0.4, -0.2) is 38.3 Å². The Balaban J connectivity index is 3.90. The molecule has 29 heavy (non-hydrogen) atoms. The Morgan fingerprint density at radius 2 is 1.24 bits per heavy atom. The summed E-state index contributed by atoms with van der Waals surface area (Å²) in [6.07, 6.45) is -15.7. The van der Waals surface area contributed by atoms with Crippen molar-refractivity contribution in [3.63, 3.8) is 0 Å². The van der Waals surface area contributed by atoms with E-state index in [1.165, 1.54) is 6.07 Å². The summed E-state index contributed by atoms with van der Waals surface area (Å²) >= 11 is 0. The van der Waals surface area contributed by atoms with Gasteiger partial charge in [-0.15, -0.1) is 0 Å². The molecule has 0 saturated heterocycles.